The molecule has 0 amide bonds. The summed E-state index contributed by atoms with van der Waals surface area (Å²) in [5.41, 5.74) is 4.91. The van der Waals surface area contributed by atoms with Gasteiger partial charge in [-0.3, -0.25) is 0 Å². The van der Waals surface area contributed by atoms with Crippen molar-refractivity contribution in [2.45, 2.75) is 27.2 Å². The fraction of sp³-hybridized carbons (Fsp3) is 0.333. The summed E-state index contributed by atoms with van der Waals surface area (Å²) in [5, 5.41) is 0. The van der Waals surface area contributed by atoms with E-state index in [0.717, 1.165) is 0 Å². The monoisotopic (exact) mass is 276 g/mol. The zero-order chi connectivity index (χ0) is 15.1. The maximum absolute atomic E-state index is 4.07. The molecular formula is C21H24. The molecule has 1 fully saturated rings. The van der Waals surface area contributed by atoms with Gasteiger partial charge in [0.2, 0.25) is 0 Å². The summed E-state index contributed by atoms with van der Waals surface area (Å²) in [5.74, 6) is 0.488. The van der Waals surface area contributed by atoms with E-state index in [0.29, 0.717) is 5.92 Å². The van der Waals surface area contributed by atoms with E-state index < -0.39 is 0 Å². The molecule has 0 N–H and O–H groups in total. The van der Waals surface area contributed by atoms with Gasteiger partial charge in [-0.1, -0.05) is 81.2 Å². The fourth-order valence-corrected chi connectivity index (χ4v) is 4.57. The van der Waals surface area contributed by atoms with E-state index in [-0.39, 0.29) is 10.8 Å². The van der Waals surface area contributed by atoms with Crippen molar-refractivity contribution in [3.8, 4) is 0 Å². The third-order valence-corrected chi connectivity index (χ3v) is 5.30. The Morgan fingerprint density at radius 1 is 1.24 bits per heavy atom. The van der Waals surface area contributed by atoms with Gasteiger partial charge >= 0.3 is 0 Å². The molecule has 0 saturated heterocycles. The van der Waals surface area contributed by atoms with Crippen LogP contribution >= 0.6 is 0 Å². The smallest absolute Gasteiger partial charge is 0.0253 e. The average Bonchev–Trinajstić information content (AvgIpc) is 3.20. The Hall–Kier alpha value is -1.82. The summed E-state index contributed by atoms with van der Waals surface area (Å²) < 4.78 is 0. The van der Waals surface area contributed by atoms with Gasteiger partial charge in [-0.05, 0) is 30.1 Å². The van der Waals surface area contributed by atoms with E-state index in [1.54, 1.807) is 0 Å². The maximum Gasteiger partial charge on any atom is 0.0253 e. The van der Waals surface area contributed by atoms with Crippen LogP contribution in [0.4, 0.5) is 0 Å². The van der Waals surface area contributed by atoms with Crippen molar-refractivity contribution in [2.24, 2.45) is 16.7 Å². The highest BCUT2D eigenvalue weighted by molar-refractivity contribution is 5.67. The van der Waals surface area contributed by atoms with Gasteiger partial charge < -0.3 is 0 Å². The summed E-state index contributed by atoms with van der Waals surface area (Å²) in [6.45, 7) is 10.2. The van der Waals surface area contributed by atoms with Crippen LogP contribution in [0.5, 0.6) is 0 Å². The summed E-state index contributed by atoms with van der Waals surface area (Å²) in [4.78, 5) is 0. The number of rotatable bonds is 2. The van der Waals surface area contributed by atoms with E-state index in [1.165, 1.54) is 23.1 Å². The lowest BCUT2D eigenvalue weighted by atomic mass is 9.76. The predicted molar refractivity (Wildman–Crippen MR) is 91.9 cm³/mol. The van der Waals surface area contributed by atoms with Crippen molar-refractivity contribution in [1.29, 1.82) is 0 Å². The number of hydrogen-bond donors (Lipinski definition) is 0. The molecule has 1 spiro atoms. The Morgan fingerprint density at radius 2 is 2.05 bits per heavy atom. The molecule has 0 aromatic carbocycles. The molecule has 4 rings (SSSR count). The topological polar surface area (TPSA) is 0 Å². The zero-order valence-corrected chi connectivity index (χ0v) is 13.3. The second-order valence-corrected chi connectivity index (χ2v) is 5.90. The molecule has 0 nitrogen and oxygen atoms in total. The first-order valence-corrected chi connectivity index (χ1v) is 8.05. The molecule has 0 radical (unpaired) electrons. The van der Waals surface area contributed by atoms with E-state index in [4.69, 9.17) is 0 Å². The van der Waals surface area contributed by atoms with Gasteiger partial charge in [0.15, 0.2) is 0 Å². The molecule has 3 atom stereocenters. The minimum Gasteiger partial charge on any atom is -0.0988 e. The van der Waals surface area contributed by atoms with Gasteiger partial charge in [0.05, 0.1) is 0 Å². The Labute approximate surface area is 128 Å². The normalized spacial score (nSPS) is 37.5. The van der Waals surface area contributed by atoms with Crippen molar-refractivity contribution < 1.29 is 0 Å². The molecule has 0 heterocycles. The van der Waals surface area contributed by atoms with Crippen LogP contribution in [0, 0.1) is 16.7 Å². The predicted octanol–water partition coefficient (Wildman–Crippen LogP) is 5.70. The zero-order valence-electron chi connectivity index (χ0n) is 13.3. The minimum absolute atomic E-state index is 0.233. The van der Waals surface area contributed by atoms with Crippen molar-refractivity contribution >= 4 is 0 Å². The van der Waals surface area contributed by atoms with Crippen LogP contribution in [-0.4, -0.2) is 0 Å². The molecule has 0 bridgehead atoms. The first-order valence-electron chi connectivity index (χ1n) is 8.05. The first-order chi connectivity index (χ1) is 10.3. The van der Waals surface area contributed by atoms with Gasteiger partial charge in [-0.2, -0.15) is 0 Å². The molecule has 1 saturated carbocycles. The van der Waals surface area contributed by atoms with E-state index in [1.807, 2.05) is 13.8 Å². The van der Waals surface area contributed by atoms with Gasteiger partial charge in [0.1, 0.15) is 0 Å². The van der Waals surface area contributed by atoms with E-state index in [9.17, 15) is 0 Å². The highest BCUT2D eigenvalue weighted by atomic mass is 14.8. The third kappa shape index (κ3) is 1.51. The summed E-state index contributed by atoms with van der Waals surface area (Å²) in [7, 11) is 0. The lowest BCUT2D eigenvalue weighted by Gasteiger charge is -2.26. The van der Waals surface area contributed by atoms with Crippen LogP contribution in [0.3, 0.4) is 0 Å². The van der Waals surface area contributed by atoms with Gasteiger partial charge in [0, 0.05) is 16.7 Å². The van der Waals surface area contributed by atoms with Gasteiger partial charge in [-0.25, -0.2) is 0 Å². The summed E-state index contributed by atoms with van der Waals surface area (Å²) >= 11 is 0. The van der Waals surface area contributed by atoms with Crippen molar-refractivity contribution in [3.63, 3.8) is 0 Å². The van der Waals surface area contributed by atoms with Gasteiger partial charge in [0.25, 0.3) is 0 Å². The molecule has 0 aromatic rings. The summed E-state index contributed by atoms with van der Waals surface area (Å²) in [6.07, 6.45) is 23.8. The Morgan fingerprint density at radius 3 is 2.76 bits per heavy atom. The van der Waals surface area contributed by atoms with Crippen LogP contribution in [0.2, 0.25) is 0 Å². The highest BCUT2D eigenvalue weighted by Crippen LogP contribution is 2.82. The molecule has 0 heteroatoms. The quantitative estimate of drug-likeness (QED) is 0.607. The van der Waals surface area contributed by atoms with Crippen molar-refractivity contribution in [2.75, 3.05) is 0 Å². The second kappa shape index (κ2) is 4.87. The van der Waals surface area contributed by atoms with Gasteiger partial charge in [-0.15, -0.1) is 0 Å². The van der Waals surface area contributed by atoms with Crippen molar-refractivity contribution in [1.82, 2.24) is 0 Å². The number of allylic oxidation sites excluding steroid dienone is 13. The molecule has 0 aromatic heterocycles. The Kier molecular flexibility index (Phi) is 3.28. The lowest BCUT2D eigenvalue weighted by molar-refractivity contribution is 0.469. The Bertz CT molecular complexity index is 648. The fourth-order valence-electron chi connectivity index (χ4n) is 4.57. The molecule has 108 valence electrons. The van der Waals surface area contributed by atoms with Crippen LogP contribution < -0.4 is 0 Å². The SMILES string of the molecule is C=CC1=C(/C=C\C)C23C=CC=C4C=CC=CC1C42C3.CC. The molecular weight excluding hydrogens is 252 g/mol. The average molecular weight is 276 g/mol. The summed E-state index contributed by atoms with van der Waals surface area (Å²) in [6, 6.07) is 0. The van der Waals surface area contributed by atoms with E-state index in [2.05, 4.69) is 74.3 Å². The van der Waals surface area contributed by atoms with Crippen LogP contribution in [0.1, 0.15) is 27.2 Å². The lowest BCUT2D eigenvalue weighted by Crippen LogP contribution is -2.19. The molecule has 4 aliphatic carbocycles. The Balaban J connectivity index is 0.000000636. The molecule has 21 heavy (non-hydrogen) atoms. The van der Waals surface area contributed by atoms with E-state index >= 15 is 0 Å². The minimum atomic E-state index is 0.233. The van der Waals surface area contributed by atoms with Crippen molar-refractivity contribution in [3.05, 3.63) is 84.1 Å². The standard InChI is InChI=1S/C19H18.C2H6/c1-3-8-16-15(4-2)17-11-6-5-9-14-10-7-12-18(16)13-19(14,17)18;1-2/h3-12,17H,2,13H2,1H3;1-2H3/b8-3-;. The largest absolute Gasteiger partial charge is 0.0988 e. The number of hydrogen-bond acceptors (Lipinski definition) is 0. The molecule has 3 unspecified atom stereocenters. The highest BCUT2D eigenvalue weighted by Gasteiger charge is 2.75. The van der Waals surface area contributed by atoms with Crippen LogP contribution in [0.25, 0.3) is 0 Å². The maximum atomic E-state index is 4.07. The second-order valence-electron chi connectivity index (χ2n) is 5.90. The first kappa shape index (κ1) is 14.1. The third-order valence-electron chi connectivity index (χ3n) is 5.30. The molecule has 0 aliphatic heterocycles. The van der Waals surface area contributed by atoms with Crippen LogP contribution in [0.15, 0.2) is 84.1 Å². The molecule has 4 aliphatic rings. The van der Waals surface area contributed by atoms with Crippen LogP contribution in [-0.2, 0) is 0 Å².